The third-order valence-corrected chi connectivity index (χ3v) is 3.20. The Balaban J connectivity index is 2.51. The molecule has 0 fully saturated rings. The number of aromatic nitrogens is 4. The number of hydrogen-bond donors (Lipinski definition) is 0. The van der Waals surface area contributed by atoms with E-state index in [1.54, 1.807) is 11.6 Å². The molecule has 0 saturated heterocycles. The van der Waals surface area contributed by atoms with E-state index < -0.39 is 0 Å². The average molecular weight is 246 g/mol. The van der Waals surface area contributed by atoms with Crippen LogP contribution in [0.3, 0.4) is 0 Å². The molecule has 0 saturated carbocycles. The van der Waals surface area contributed by atoms with Gasteiger partial charge in [-0.25, -0.2) is 0 Å². The smallest absolute Gasteiger partial charge is 0.239 e. The van der Waals surface area contributed by atoms with Crippen LogP contribution in [0.1, 0.15) is 0 Å². The van der Waals surface area contributed by atoms with Crippen LogP contribution in [0.5, 0.6) is 5.88 Å². The maximum atomic E-state index is 5.31. The van der Waals surface area contributed by atoms with Crippen LogP contribution in [0.2, 0.25) is 0 Å². The van der Waals surface area contributed by atoms with Gasteiger partial charge in [0, 0.05) is 10.8 Å². The lowest BCUT2D eigenvalue weighted by Crippen LogP contribution is -1.99. The van der Waals surface area contributed by atoms with Crippen molar-refractivity contribution < 1.29 is 4.74 Å². The Kier molecular flexibility index (Phi) is 2.36. The van der Waals surface area contributed by atoms with E-state index in [2.05, 4.69) is 15.3 Å². The lowest BCUT2D eigenvalue weighted by molar-refractivity contribution is 0.394. The third-order valence-electron chi connectivity index (χ3n) is 2.58. The lowest BCUT2D eigenvalue weighted by Gasteiger charge is -2.05. The van der Waals surface area contributed by atoms with Crippen LogP contribution in [0, 0.1) is 0 Å². The molecule has 17 heavy (non-hydrogen) atoms. The number of benzene rings is 1. The Morgan fingerprint density at radius 1 is 1.18 bits per heavy atom. The molecule has 0 amide bonds. The molecular weight excluding hydrogens is 236 g/mol. The summed E-state index contributed by atoms with van der Waals surface area (Å²) >= 11 is 1.50. The molecule has 0 N–H and O–H groups in total. The fourth-order valence-corrected chi connectivity index (χ4v) is 2.23. The van der Waals surface area contributed by atoms with Crippen LogP contribution in [-0.4, -0.2) is 33.2 Å². The Morgan fingerprint density at radius 2 is 1.94 bits per heavy atom. The summed E-state index contributed by atoms with van der Waals surface area (Å²) in [5.74, 6) is 0.586. The van der Waals surface area contributed by atoms with Crippen LogP contribution in [0.25, 0.3) is 16.4 Å². The first-order valence-electron chi connectivity index (χ1n) is 5.07. The van der Waals surface area contributed by atoms with E-state index in [-0.39, 0.29) is 0 Å². The standard InChI is InChI=1S/C11H10N4OS/c1-16-10-8-6-4-3-5-7(8)9-12-13-11(17-2)15(9)14-10/h3-6H,1-2H3. The van der Waals surface area contributed by atoms with Gasteiger partial charge >= 0.3 is 0 Å². The van der Waals surface area contributed by atoms with Crippen molar-refractivity contribution in [3.63, 3.8) is 0 Å². The maximum absolute atomic E-state index is 5.31. The number of methoxy groups -OCH3 is 1. The topological polar surface area (TPSA) is 52.3 Å². The molecule has 3 aromatic rings. The molecule has 0 bridgehead atoms. The van der Waals surface area contributed by atoms with E-state index in [0.717, 1.165) is 21.6 Å². The minimum atomic E-state index is 0.586. The summed E-state index contributed by atoms with van der Waals surface area (Å²) in [6, 6.07) is 7.88. The molecule has 5 nitrogen and oxygen atoms in total. The number of thioether (sulfide) groups is 1. The van der Waals surface area contributed by atoms with Gasteiger partial charge in [0.15, 0.2) is 5.65 Å². The van der Waals surface area contributed by atoms with Crippen molar-refractivity contribution in [2.75, 3.05) is 13.4 Å². The van der Waals surface area contributed by atoms with Crippen molar-refractivity contribution in [3.05, 3.63) is 24.3 Å². The minimum Gasteiger partial charge on any atom is -0.480 e. The van der Waals surface area contributed by atoms with Gasteiger partial charge in [-0.15, -0.1) is 15.3 Å². The first-order valence-corrected chi connectivity index (χ1v) is 6.29. The van der Waals surface area contributed by atoms with E-state index >= 15 is 0 Å². The zero-order valence-electron chi connectivity index (χ0n) is 9.41. The highest BCUT2D eigenvalue weighted by atomic mass is 32.2. The van der Waals surface area contributed by atoms with E-state index in [0.29, 0.717) is 5.88 Å². The first-order chi connectivity index (χ1) is 8.35. The molecule has 6 heteroatoms. The summed E-state index contributed by atoms with van der Waals surface area (Å²) in [6.45, 7) is 0. The molecule has 0 spiro atoms. The second-order valence-corrected chi connectivity index (χ2v) is 4.25. The third kappa shape index (κ3) is 1.44. The molecule has 0 aliphatic heterocycles. The Hall–Kier alpha value is -1.82. The summed E-state index contributed by atoms with van der Waals surface area (Å²) in [5, 5.41) is 15.4. The highest BCUT2D eigenvalue weighted by Crippen LogP contribution is 2.27. The molecule has 2 aromatic heterocycles. The molecular formula is C11H10N4OS. The molecule has 0 unspecified atom stereocenters. The van der Waals surface area contributed by atoms with Crippen LogP contribution in [0.15, 0.2) is 29.4 Å². The minimum absolute atomic E-state index is 0.586. The van der Waals surface area contributed by atoms with E-state index in [1.165, 1.54) is 11.8 Å². The predicted octanol–water partition coefficient (Wildman–Crippen LogP) is 2.01. The van der Waals surface area contributed by atoms with Crippen LogP contribution < -0.4 is 4.74 Å². The molecule has 2 heterocycles. The monoisotopic (exact) mass is 246 g/mol. The van der Waals surface area contributed by atoms with Crippen LogP contribution in [-0.2, 0) is 0 Å². The van der Waals surface area contributed by atoms with Crippen LogP contribution in [0.4, 0.5) is 0 Å². The van der Waals surface area contributed by atoms with Crippen molar-refractivity contribution >= 4 is 28.2 Å². The quantitative estimate of drug-likeness (QED) is 0.647. The predicted molar refractivity (Wildman–Crippen MR) is 66.6 cm³/mol. The summed E-state index contributed by atoms with van der Waals surface area (Å²) in [5.41, 5.74) is 0.755. The van der Waals surface area contributed by atoms with Gasteiger partial charge in [0.2, 0.25) is 11.0 Å². The van der Waals surface area contributed by atoms with Crippen molar-refractivity contribution in [2.24, 2.45) is 0 Å². The van der Waals surface area contributed by atoms with Crippen molar-refractivity contribution in [2.45, 2.75) is 5.16 Å². The SMILES string of the molecule is COc1nn2c(SC)nnc2c2ccccc12. The number of ether oxygens (including phenoxy) is 1. The van der Waals surface area contributed by atoms with E-state index in [9.17, 15) is 0 Å². The van der Waals surface area contributed by atoms with Gasteiger partial charge in [0.25, 0.3) is 0 Å². The number of fused-ring (bicyclic) bond motifs is 3. The van der Waals surface area contributed by atoms with E-state index in [1.807, 2.05) is 30.5 Å². The zero-order chi connectivity index (χ0) is 11.8. The van der Waals surface area contributed by atoms with Crippen LogP contribution >= 0.6 is 11.8 Å². The number of nitrogens with zero attached hydrogens (tertiary/aromatic N) is 4. The van der Waals surface area contributed by atoms with Gasteiger partial charge in [-0.3, -0.25) is 0 Å². The molecule has 1 aromatic carbocycles. The Labute approximate surface area is 102 Å². The van der Waals surface area contributed by atoms with Gasteiger partial charge in [0.1, 0.15) is 0 Å². The van der Waals surface area contributed by atoms with Gasteiger partial charge in [0.05, 0.1) is 7.11 Å². The maximum Gasteiger partial charge on any atom is 0.239 e. The summed E-state index contributed by atoms with van der Waals surface area (Å²) in [7, 11) is 1.61. The fourth-order valence-electron chi connectivity index (χ4n) is 1.81. The molecule has 0 atom stereocenters. The van der Waals surface area contributed by atoms with Gasteiger partial charge in [-0.1, -0.05) is 30.0 Å². The molecule has 0 aliphatic carbocycles. The van der Waals surface area contributed by atoms with Gasteiger partial charge < -0.3 is 4.74 Å². The van der Waals surface area contributed by atoms with Crippen molar-refractivity contribution in [1.29, 1.82) is 0 Å². The first kappa shape index (κ1) is 10.3. The summed E-state index contributed by atoms with van der Waals surface area (Å²) in [6.07, 6.45) is 1.94. The largest absolute Gasteiger partial charge is 0.480 e. The van der Waals surface area contributed by atoms with Gasteiger partial charge in [-0.05, 0) is 12.3 Å². The summed E-state index contributed by atoms with van der Waals surface area (Å²) in [4.78, 5) is 0. The Morgan fingerprint density at radius 3 is 2.65 bits per heavy atom. The highest BCUT2D eigenvalue weighted by molar-refractivity contribution is 7.98. The fraction of sp³-hybridized carbons (Fsp3) is 0.182. The second kappa shape index (κ2) is 3.89. The lowest BCUT2D eigenvalue weighted by atomic mass is 10.2. The highest BCUT2D eigenvalue weighted by Gasteiger charge is 2.13. The molecule has 0 radical (unpaired) electrons. The number of rotatable bonds is 2. The number of hydrogen-bond acceptors (Lipinski definition) is 5. The molecule has 86 valence electrons. The van der Waals surface area contributed by atoms with Gasteiger partial charge in [-0.2, -0.15) is 4.52 Å². The van der Waals surface area contributed by atoms with Crippen molar-refractivity contribution in [1.82, 2.24) is 19.8 Å². The molecule has 0 aliphatic rings. The summed E-state index contributed by atoms with van der Waals surface area (Å²) < 4.78 is 7.02. The molecule has 3 rings (SSSR count). The zero-order valence-corrected chi connectivity index (χ0v) is 10.2. The van der Waals surface area contributed by atoms with E-state index in [4.69, 9.17) is 4.74 Å². The normalized spacial score (nSPS) is 11.2. The second-order valence-electron chi connectivity index (χ2n) is 3.48. The van der Waals surface area contributed by atoms with Crippen molar-refractivity contribution in [3.8, 4) is 5.88 Å². The Bertz CT molecular complexity index is 694. The average Bonchev–Trinajstić information content (AvgIpc) is 2.80.